The smallest absolute Gasteiger partial charge is 0.0784 e. The molecular weight excluding hydrogens is 466 g/mol. The lowest BCUT2D eigenvalue weighted by Crippen LogP contribution is -2.34. The van der Waals surface area contributed by atoms with Crippen molar-refractivity contribution in [2.24, 2.45) is 11.8 Å². The molecule has 202 valence electrons. The number of aromatic amines is 1. The first-order valence-electron chi connectivity index (χ1n) is 14.7. The molecule has 3 heterocycles. The summed E-state index contributed by atoms with van der Waals surface area (Å²) in [6, 6.07) is 15.5. The number of unbranched alkanes of at least 4 members (excludes halogenated alkanes) is 1. The summed E-state index contributed by atoms with van der Waals surface area (Å²) in [5, 5.41) is 2.54. The van der Waals surface area contributed by atoms with Gasteiger partial charge >= 0.3 is 0 Å². The number of para-hydroxylation sites is 1. The third-order valence-corrected chi connectivity index (χ3v) is 7.88. The van der Waals surface area contributed by atoms with E-state index >= 15 is 0 Å². The van der Waals surface area contributed by atoms with Crippen LogP contribution in [0.5, 0.6) is 0 Å². The van der Waals surface area contributed by atoms with Crippen molar-refractivity contribution in [1.29, 1.82) is 0 Å². The molecule has 5 rings (SSSR count). The molecule has 38 heavy (non-hydrogen) atoms. The Hall–Kier alpha value is -2.76. The van der Waals surface area contributed by atoms with Gasteiger partial charge < -0.3 is 9.88 Å². The molecule has 0 bridgehead atoms. The number of H-pyrrole nitrogens is 1. The second-order valence-corrected chi connectivity index (χ2v) is 12.0. The number of fused-ring (bicyclic) bond motifs is 4. The van der Waals surface area contributed by atoms with Crippen molar-refractivity contribution in [3.8, 4) is 0 Å². The number of hydrogen-bond donors (Lipinski definition) is 1. The first-order valence-corrected chi connectivity index (χ1v) is 14.7. The van der Waals surface area contributed by atoms with Crippen molar-refractivity contribution < 1.29 is 0 Å². The minimum atomic E-state index is 0.351. The molecule has 0 radical (unpaired) electrons. The minimum absolute atomic E-state index is 0.351. The highest BCUT2D eigenvalue weighted by molar-refractivity contribution is 6.07. The third-order valence-electron chi connectivity index (χ3n) is 7.88. The molecule has 0 saturated carbocycles. The van der Waals surface area contributed by atoms with Crippen molar-refractivity contribution in [2.75, 3.05) is 26.2 Å². The fraction of sp³-hybridized carbons (Fsp3) is 0.515. The number of hydrogen-bond acceptors (Lipinski definition) is 4. The van der Waals surface area contributed by atoms with E-state index in [1.165, 1.54) is 78.4 Å². The summed E-state index contributed by atoms with van der Waals surface area (Å²) in [5.74, 6) is 1.41. The Morgan fingerprint density at radius 2 is 1.66 bits per heavy atom. The number of rotatable bonds is 12. The molecule has 1 aliphatic carbocycles. The summed E-state index contributed by atoms with van der Waals surface area (Å²) in [5.41, 5.74) is 6.21. The molecule has 5 nitrogen and oxygen atoms in total. The fourth-order valence-electron chi connectivity index (χ4n) is 6.37. The number of nitrogens with zero attached hydrogens (tertiary/aromatic N) is 4. The molecule has 0 fully saturated rings. The van der Waals surface area contributed by atoms with Crippen molar-refractivity contribution in [1.82, 2.24) is 24.8 Å². The van der Waals surface area contributed by atoms with E-state index in [0.717, 1.165) is 25.2 Å². The van der Waals surface area contributed by atoms with Gasteiger partial charge in [0.25, 0.3) is 0 Å². The monoisotopic (exact) mass is 511 g/mol. The number of aromatic nitrogens is 3. The van der Waals surface area contributed by atoms with Gasteiger partial charge in [-0.3, -0.25) is 14.9 Å². The van der Waals surface area contributed by atoms with E-state index in [4.69, 9.17) is 9.97 Å². The highest BCUT2D eigenvalue weighted by Crippen LogP contribution is 2.35. The van der Waals surface area contributed by atoms with Gasteiger partial charge in [-0.15, -0.1) is 0 Å². The normalized spacial score (nSPS) is 15.9. The number of aryl methyl sites for hydroxylation is 1. The number of nitrogens with one attached hydrogen (secondary N) is 1. The van der Waals surface area contributed by atoms with E-state index in [0.29, 0.717) is 17.9 Å². The molecule has 0 saturated heterocycles. The summed E-state index contributed by atoms with van der Waals surface area (Å²) in [7, 11) is 0. The molecule has 0 amide bonds. The topological polar surface area (TPSA) is 48.0 Å². The van der Waals surface area contributed by atoms with E-state index < -0.39 is 0 Å². The fourth-order valence-corrected chi connectivity index (χ4v) is 6.37. The lowest BCUT2D eigenvalue weighted by molar-refractivity contribution is 0.155. The minimum Gasteiger partial charge on any atom is -0.353 e. The van der Waals surface area contributed by atoms with Crippen LogP contribution in [0.25, 0.3) is 21.8 Å². The average Bonchev–Trinajstić information content (AvgIpc) is 3.29. The van der Waals surface area contributed by atoms with Crippen LogP contribution in [-0.2, 0) is 13.0 Å². The van der Waals surface area contributed by atoms with E-state index in [-0.39, 0.29) is 0 Å². The number of pyridine rings is 2. The van der Waals surface area contributed by atoms with E-state index in [1.54, 1.807) is 0 Å². The molecule has 3 aromatic heterocycles. The lowest BCUT2D eigenvalue weighted by Gasteiger charge is -2.35. The Kier molecular flexibility index (Phi) is 8.75. The Bertz CT molecular complexity index is 1310. The maximum Gasteiger partial charge on any atom is 0.0784 e. The summed E-state index contributed by atoms with van der Waals surface area (Å²) in [6.45, 7) is 14.8. The van der Waals surface area contributed by atoms with Crippen LogP contribution in [0.4, 0.5) is 0 Å². The molecule has 1 atom stereocenters. The van der Waals surface area contributed by atoms with Crippen LogP contribution in [0.15, 0.2) is 54.9 Å². The summed E-state index contributed by atoms with van der Waals surface area (Å²) in [6.07, 6.45) is 9.90. The first kappa shape index (κ1) is 26.8. The van der Waals surface area contributed by atoms with E-state index in [2.05, 4.69) is 84.9 Å². The van der Waals surface area contributed by atoms with Crippen LogP contribution in [-0.4, -0.2) is 50.9 Å². The second-order valence-electron chi connectivity index (χ2n) is 12.0. The highest BCUT2D eigenvalue weighted by Gasteiger charge is 2.28. The van der Waals surface area contributed by atoms with Crippen LogP contribution in [0.3, 0.4) is 0 Å². The molecule has 0 spiro atoms. The van der Waals surface area contributed by atoms with Gasteiger partial charge in [0.15, 0.2) is 0 Å². The molecule has 1 aromatic carbocycles. The van der Waals surface area contributed by atoms with Crippen molar-refractivity contribution >= 4 is 21.8 Å². The van der Waals surface area contributed by atoms with Gasteiger partial charge in [-0.2, -0.15) is 0 Å². The predicted octanol–water partition coefficient (Wildman–Crippen LogP) is 7.38. The molecule has 4 aromatic rings. The van der Waals surface area contributed by atoms with Gasteiger partial charge in [0.1, 0.15) is 0 Å². The molecule has 0 aliphatic heterocycles. The van der Waals surface area contributed by atoms with Gasteiger partial charge in [-0.05, 0) is 80.8 Å². The lowest BCUT2D eigenvalue weighted by atomic mass is 9.90. The van der Waals surface area contributed by atoms with E-state index in [9.17, 15) is 0 Å². The molecule has 0 unspecified atom stereocenters. The van der Waals surface area contributed by atoms with Crippen LogP contribution in [0.1, 0.15) is 76.4 Å². The molecule has 1 aliphatic rings. The zero-order chi connectivity index (χ0) is 26.5. The van der Waals surface area contributed by atoms with Gasteiger partial charge in [-0.25, -0.2) is 0 Å². The summed E-state index contributed by atoms with van der Waals surface area (Å²) in [4.78, 5) is 18.8. The van der Waals surface area contributed by atoms with Crippen molar-refractivity contribution in [3.05, 3.63) is 71.8 Å². The SMILES string of the molecule is CC(C)CN(CCCCN(Cc1nccc2c1[nH]c1ccccc12)[C@H]1CCCc2cccnc21)CC(C)C. The Morgan fingerprint density at radius 3 is 2.47 bits per heavy atom. The largest absolute Gasteiger partial charge is 0.353 e. The van der Waals surface area contributed by atoms with Crippen LogP contribution < -0.4 is 0 Å². The standard InChI is InChI=1S/C33H45N5/c1-24(2)21-37(22-25(3)4)19-7-8-20-38(31-15-9-11-26-12-10-17-35-32(26)31)23-30-33-28(16-18-34-30)27-13-5-6-14-29(27)36-33/h5-6,10,12-14,16-18,24-25,31,36H,7-9,11,15,19-23H2,1-4H3/t31-/m0/s1. The Labute approximate surface area is 228 Å². The van der Waals surface area contributed by atoms with Crippen LogP contribution in [0.2, 0.25) is 0 Å². The molecular formula is C33H45N5. The maximum atomic E-state index is 4.91. The quantitative estimate of drug-likeness (QED) is 0.202. The molecule has 5 heteroatoms. The van der Waals surface area contributed by atoms with E-state index in [1.807, 2.05) is 12.4 Å². The average molecular weight is 512 g/mol. The van der Waals surface area contributed by atoms with Gasteiger partial charge in [0.05, 0.1) is 22.9 Å². The zero-order valence-corrected chi connectivity index (χ0v) is 23.8. The predicted molar refractivity (Wildman–Crippen MR) is 159 cm³/mol. The summed E-state index contributed by atoms with van der Waals surface area (Å²) >= 11 is 0. The van der Waals surface area contributed by atoms with Crippen LogP contribution >= 0.6 is 0 Å². The Morgan fingerprint density at radius 1 is 0.868 bits per heavy atom. The number of benzene rings is 1. The van der Waals surface area contributed by atoms with Gasteiger partial charge in [-0.1, -0.05) is 52.0 Å². The van der Waals surface area contributed by atoms with Gasteiger partial charge in [0.2, 0.25) is 0 Å². The first-order chi connectivity index (χ1) is 18.5. The third kappa shape index (κ3) is 6.27. The molecule has 1 N–H and O–H groups in total. The maximum absolute atomic E-state index is 4.91. The van der Waals surface area contributed by atoms with Crippen molar-refractivity contribution in [2.45, 2.75) is 72.4 Å². The summed E-state index contributed by atoms with van der Waals surface area (Å²) < 4.78 is 0. The highest BCUT2D eigenvalue weighted by atomic mass is 15.2. The van der Waals surface area contributed by atoms with Crippen molar-refractivity contribution in [3.63, 3.8) is 0 Å². The van der Waals surface area contributed by atoms with Crippen LogP contribution in [0, 0.1) is 11.8 Å². The second kappa shape index (κ2) is 12.4. The van der Waals surface area contributed by atoms with Gasteiger partial charge in [0, 0.05) is 48.3 Å². The zero-order valence-electron chi connectivity index (χ0n) is 23.8. The Balaban J connectivity index is 1.37.